The first-order valence-corrected chi connectivity index (χ1v) is 6.82. The third kappa shape index (κ3) is 8.37. The van der Waals surface area contributed by atoms with Crippen molar-refractivity contribution >= 4 is 0 Å². The van der Waals surface area contributed by atoms with E-state index in [-0.39, 0.29) is 21.7 Å². The second-order valence-corrected chi connectivity index (χ2v) is 6.02. The predicted octanol–water partition coefficient (Wildman–Crippen LogP) is 2.14. The van der Waals surface area contributed by atoms with Crippen LogP contribution < -0.4 is 10.2 Å². The molecule has 0 aromatic heterocycles. The first-order chi connectivity index (χ1) is 7.41. The van der Waals surface area contributed by atoms with Crippen molar-refractivity contribution in [3.05, 3.63) is 0 Å². The molecule has 0 amide bonds. The number of rotatable bonds is 0. The molecule has 17 heavy (non-hydrogen) atoms. The van der Waals surface area contributed by atoms with Gasteiger partial charge < -0.3 is 10.2 Å². The van der Waals surface area contributed by atoms with Crippen molar-refractivity contribution in [3.8, 4) is 0 Å². The predicted molar refractivity (Wildman–Crippen MR) is 63.0 cm³/mol. The van der Waals surface area contributed by atoms with Gasteiger partial charge in [-0.15, -0.1) is 11.2 Å². The van der Waals surface area contributed by atoms with Gasteiger partial charge in [-0.05, 0) is 0 Å². The van der Waals surface area contributed by atoms with E-state index in [0.717, 1.165) is 51.4 Å². The van der Waals surface area contributed by atoms with Crippen molar-refractivity contribution in [2.24, 2.45) is 0 Å². The molecule has 2 nitrogen and oxygen atoms in total. The summed E-state index contributed by atoms with van der Waals surface area (Å²) in [4.78, 5) is 0. The minimum absolute atomic E-state index is 0. The molecule has 2 rings (SSSR count). The van der Waals surface area contributed by atoms with Crippen LogP contribution in [0, 0.1) is 0 Å². The van der Waals surface area contributed by atoms with Crippen LogP contribution in [0.4, 0.5) is 0 Å². The van der Waals surface area contributed by atoms with Gasteiger partial charge in [0.15, 0.2) is 0 Å². The van der Waals surface area contributed by atoms with Crippen LogP contribution in [0.1, 0.15) is 78.1 Å². The van der Waals surface area contributed by atoms with Gasteiger partial charge in [0.05, 0.1) is 0 Å². The Balaban J connectivity index is 0.000000284. The molecule has 0 aromatic carbocycles. The van der Waals surface area contributed by atoms with Crippen molar-refractivity contribution in [3.63, 3.8) is 0 Å². The zero-order valence-electron chi connectivity index (χ0n) is 11.4. The normalized spacial score (nSPS) is 26.1. The molecule has 3 heteroatoms. The van der Waals surface area contributed by atoms with E-state index in [1.165, 1.54) is 12.8 Å². The van der Waals surface area contributed by atoms with Gasteiger partial charge >= 0.3 is 21.7 Å². The quantitative estimate of drug-likeness (QED) is 0.635. The first kappa shape index (κ1) is 17.6. The molecule has 0 N–H and O–H groups in total. The molecule has 2 aliphatic carbocycles. The zero-order valence-corrected chi connectivity index (χ0v) is 12.9. The van der Waals surface area contributed by atoms with Crippen LogP contribution in [0.25, 0.3) is 0 Å². The van der Waals surface area contributed by atoms with Crippen LogP contribution in [0.15, 0.2) is 0 Å². The van der Waals surface area contributed by atoms with Gasteiger partial charge in [0.1, 0.15) is 0 Å². The van der Waals surface area contributed by atoms with Gasteiger partial charge in [0.2, 0.25) is 0 Å². The molecule has 0 aliphatic heterocycles. The van der Waals surface area contributed by atoms with E-state index >= 15 is 0 Å². The smallest absolute Gasteiger partial charge is 0.850 e. The topological polar surface area (TPSA) is 46.1 Å². The van der Waals surface area contributed by atoms with E-state index in [4.69, 9.17) is 0 Å². The van der Waals surface area contributed by atoms with Crippen LogP contribution >= 0.6 is 0 Å². The van der Waals surface area contributed by atoms with E-state index in [1.807, 2.05) is 13.8 Å². The van der Waals surface area contributed by atoms with Crippen LogP contribution in [0.5, 0.6) is 0 Å². The Hall–Kier alpha value is 0.634. The fourth-order valence-electron chi connectivity index (χ4n) is 2.60. The molecule has 0 aromatic rings. The van der Waals surface area contributed by atoms with Crippen molar-refractivity contribution in [1.82, 2.24) is 0 Å². The molecule has 0 heterocycles. The largest absolute Gasteiger partial charge is 2.00 e. The SMILES string of the molecule is CC1([O-])CCCCC1.CC1([O-])CCCCC1.[Ti+2]. The summed E-state index contributed by atoms with van der Waals surface area (Å²) in [5.74, 6) is 0. The molecule has 2 fully saturated rings. The monoisotopic (exact) mass is 274 g/mol. The summed E-state index contributed by atoms with van der Waals surface area (Å²) in [5.41, 5.74) is -1.14. The Morgan fingerprint density at radius 3 is 0.941 bits per heavy atom. The summed E-state index contributed by atoms with van der Waals surface area (Å²) >= 11 is 0. The van der Waals surface area contributed by atoms with E-state index in [2.05, 4.69) is 0 Å². The maximum Gasteiger partial charge on any atom is 2.00 e. The first-order valence-electron chi connectivity index (χ1n) is 6.82. The van der Waals surface area contributed by atoms with Gasteiger partial charge in [-0.3, -0.25) is 0 Å². The molecule has 0 unspecified atom stereocenters. The van der Waals surface area contributed by atoms with Crippen LogP contribution in [-0.2, 0) is 21.7 Å². The molecule has 0 saturated heterocycles. The summed E-state index contributed by atoms with van der Waals surface area (Å²) in [6, 6.07) is 0. The Kier molecular flexibility index (Phi) is 8.23. The summed E-state index contributed by atoms with van der Waals surface area (Å²) < 4.78 is 0. The minimum Gasteiger partial charge on any atom is -0.850 e. The van der Waals surface area contributed by atoms with Crippen LogP contribution in [0.3, 0.4) is 0 Å². The fraction of sp³-hybridized carbons (Fsp3) is 1.00. The summed E-state index contributed by atoms with van der Waals surface area (Å²) in [5, 5.41) is 22.2. The Bertz CT molecular complexity index is 164. The summed E-state index contributed by atoms with van der Waals surface area (Å²) in [6.45, 7) is 3.65. The molecule has 2 aliphatic rings. The van der Waals surface area contributed by atoms with Gasteiger partial charge in [0, 0.05) is 0 Å². The van der Waals surface area contributed by atoms with Crippen molar-refractivity contribution in [2.75, 3.05) is 0 Å². The number of hydrogen-bond acceptors (Lipinski definition) is 2. The third-order valence-electron chi connectivity index (χ3n) is 3.82. The second-order valence-electron chi connectivity index (χ2n) is 6.02. The zero-order chi connectivity index (χ0) is 12.1. The van der Waals surface area contributed by atoms with E-state index in [0.29, 0.717) is 0 Å². The molecule has 0 radical (unpaired) electrons. The molecule has 0 atom stereocenters. The average Bonchev–Trinajstić information content (AvgIpc) is 2.17. The van der Waals surface area contributed by atoms with Crippen LogP contribution in [-0.4, -0.2) is 11.2 Å². The number of hydrogen-bond donors (Lipinski definition) is 0. The summed E-state index contributed by atoms with van der Waals surface area (Å²) in [7, 11) is 0. The van der Waals surface area contributed by atoms with Crippen molar-refractivity contribution < 1.29 is 31.9 Å². The Morgan fingerprint density at radius 2 is 0.824 bits per heavy atom. The van der Waals surface area contributed by atoms with Crippen LogP contribution in [0.2, 0.25) is 0 Å². The second kappa shape index (κ2) is 7.94. The van der Waals surface area contributed by atoms with Gasteiger partial charge in [-0.2, -0.15) is 0 Å². The van der Waals surface area contributed by atoms with E-state index in [1.54, 1.807) is 0 Å². The van der Waals surface area contributed by atoms with Gasteiger partial charge in [-0.25, -0.2) is 0 Å². The van der Waals surface area contributed by atoms with Gasteiger partial charge in [-0.1, -0.05) is 78.1 Å². The molecule has 2 saturated carbocycles. The standard InChI is InChI=1S/2C7H13O.Ti/c2*1-7(8)5-3-2-4-6-7;/h2*2-6H2,1H3;/q2*-1;+2. The molecule has 0 spiro atoms. The summed E-state index contributed by atoms with van der Waals surface area (Å²) in [6.07, 6.45) is 10.7. The average molecular weight is 274 g/mol. The fourth-order valence-corrected chi connectivity index (χ4v) is 2.60. The van der Waals surface area contributed by atoms with Crippen molar-refractivity contribution in [1.29, 1.82) is 0 Å². The van der Waals surface area contributed by atoms with Crippen molar-refractivity contribution in [2.45, 2.75) is 89.3 Å². The van der Waals surface area contributed by atoms with E-state index < -0.39 is 11.2 Å². The third-order valence-corrected chi connectivity index (χ3v) is 3.82. The molecule has 0 bridgehead atoms. The van der Waals surface area contributed by atoms with Gasteiger partial charge in [0.25, 0.3) is 0 Å². The Labute approximate surface area is 121 Å². The van der Waals surface area contributed by atoms with E-state index in [9.17, 15) is 10.2 Å². The minimum atomic E-state index is -0.571. The maximum absolute atomic E-state index is 11.1. The maximum atomic E-state index is 11.1. The molecular weight excluding hydrogens is 248 g/mol. The molecule has 98 valence electrons. The Morgan fingerprint density at radius 1 is 0.588 bits per heavy atom. The molecular formula is C14H26O2Ti.